The van der Waals surface area contributed by atoms with E-state index in [1.807, 2.05) is 11.3 Å². The van der Waals surface area contributed by atoms with Crippen LogP contribution in [0.3, 0.4) is 0 Å². The fourth-order valence-electron chi connectivity index (χ4n) is 1.61. The summed E-state index contributed by atoms with van der Waals surface area (Å²) in [6.07, 6.45) is 5.51. The zero-order valence-corrected chi connectivity index (χ0v) is 10.4. The predicted molar refractivity (Wildman–Crippen MR) is 69.3 cm³/mol. The van der Waals surface area contributed by atoms with Crippen molar-refractivity contribution >= 4 is 11.3 Å². The Morgan fingerprint density at radius 2 is 2.40 bits per heavy atom. The summed E-state index contributed by atoms with van der Waals surface area (Å²) in [7, 11) is 0. The first-order valence-electron chi connectivity index (χ1n) is 5.67. The van der Waals surface area contributed by atoms with Crippen LogP contribution in [0, 0.1) is 0 Å². The SMILES string of the molecule is C=C(CC)CC(N)CCCc1cccs1. The third-order valence-corrected chi connectivity index (χ3v) is 3.57. The summed E-state index contributed by atoms with van der Waals surface area (Å²) >= 11 is 1.83. The maximum atomic E-state index is 6.03. The van der Waals surface area contributed by atoms with Gasteiger partial charge in [-0.05, 0) is 43.6 Å². The van der Waals surface area contributed by atoms with Gasteiger partial charge in [-0.15, -0.1) is 11.3 Å². The van der Waals surface area contributed by atoms with E-state index in [1.54, 1.807) is 0 Å². The van der Waals surface area contributed by atoms with Crippen LogP contribution in [0.5, 0.6) is 0 Å². The Bertz CT molecular complexity index is 277. The summed E-state index contributed by atoms with van der Waals surface area (Å²) in [5.41, 5.74) is 7.31. The molecule has 1 aromatic heterocycles. The highest BCUT2D eigenvalue weighted by Crippen LogP contribution is 2.14. The third kappa shape index (κ3) is 5.14. The van der Waals surface area contributed by atoms with Crippen LogP contribution in [-0.4, -0.2) is 6.04 Å². The van der Waals surface area contributed by atoms with Gasteiger partial charge >= 0.3 is 0 Å². The average molecular weight is 223 g/mol. The van der Waals surface area contributed by atoms with Crippen LogP contribution in [0.25, 0.3) is 0 Å². The minimum atomic E-state index is 0.303. The molecule has 0 spiro atoms. The largest absolute Gasteiger partial charge is 0.327 e. The highest BCUT2D eigenvalue weighted by Gasteiger charge is 2.04. The molecular formula is C13H21NS. The van der Waals surface area contributed by atoms with E-state index in [2.05, 4.69) is 31.0 Å². The Morgan fingerprint density at radius 1 is 1.60 bits per heavy atom. The minimum absolute atomic E-state index is 0.303. The Morgan fingerprint density at radius 3 is 3.00 bits per heavy atom. The average Bonchev–Trinajstić information content (AvgIpc) is 2.70. The summed E-state index contributed by atoms with van der Waals surface area (Å²) in [5.74, 6) is 0. The van der Waals surface area contributed by atoms with Crippen molar-refractivity contribution in [3.05, 3.63) is 34.5 Å². The molecule has 0 amide bonds. The van der Waals surface area contributed by atoms with Crippen molar-refractivity contribution in [1.29, 1.82) is 0 Å². The summed E-state index contributed by atoms with van der Waals surface area (Å²) in [6, 6.07) is 4.61. The molecule has 0 aliphatic heterocycles. The highest BCUT2D eigenvalue weighted by molar-refractivity contribution is 7.09. The lowest BCUT2D eigenvalue weighted by molar-refractivity contribution is 0.574. The van der Waals surface area contributed by atoms with E-state index in [4.69, 9.17) is 5.73 Å². The van der Waals surface area contributed by atoms with E-state index < -0.39 is 0 Å². The van der Waals surface area contributed by atoms with E-state index in [0.717, 1.165) is 19.3 Å². The Labute approximate surface area is 97.0 Å². The fraction of sp³-hybridized carbons (Fsp3) is 0.538. The Kier molecular flexibility index (Phi) is 5.66. The molecule has 0 radical (unpaired) electrons. The number of rotatable bonds is 7. The molecular weight excluding hydrogens is 202 g/mol. The van der Waals surface area contributed by atoms with E-state index in [9.17, 15) is 0 Å². The maximum Gasteiger partial charge on any atom is 0.00760 e. The summed E-state index contributed by atoms with van der Waals surface area (Å²) in [4.78, 5) is 1.47. The quantitative estimate of drug-likeness (QED) is 0.700. The first kappa shape index (κ1) is 12.5. The van der Waals surface area contributed by atoms with Crippen molar-refractivity contribution in [2.75, 3.05) is 0 Å². The smallest absolute Gasteiger partial charge is 0.00760 e. The van der Waals surface area contributed by atoms with Crippen molar-refractivity contribution in [3.8, 4) is 0 Å². The Hall–Kier alpha value is -0.600. The molecule has 0 aliphatic carbocycles. The van der Waals surface area contributed by atoms with E-state index in [1.165, 1.54) is 23.3 Å². The lowest BCUT2D eigenvalue weighted by Gasteiger charge is -2.11. The molecule has 2 N–H and O–H groups in total. The highest BCUT2D eigenvalue weighted by atomic mass is 32.1. The third-order valence-electron chi connectivity index (χ3n) is 2.63. The first-order chi connectivity index (χ1) is 7.22. The maximum absolute atomic E-state index is 6.03. The fourth-order valence-corrected chi connectivity index (χ4v) is 2.36. The van der Waals surface area contributed by atoms with Crippen molar-refractivity contribution in [2.24, 2.45) is 5.73 Å². The van der Waals surface area contributed by atoms with Crippen LogP contribution in [0.1, 0.15) is 37.5 Å². The first-order valence-corrected chi connectivity index (χ1v) is 6.55. The van der Waals surface area contributed by atoms with Gasteiger partial charge in [-0.2, -0.15) is 0 Å². The standard InChI is InChI=1S/C13H21NS/c1-3-11(2)10-12(14)6-4-7-13-8-5-9-15-13/h5,8-9,12H,2-4,6-7,10,14H2,1H3. The minimum Gasteiger partial charge on any atom is -0.327 e. The van der Waals surface area contributed by atoms with Crippen molar-refractivity contribution in [3.63, 3.8) is 0 Å². The zero-order valence-electron chi connectivity index (χ0n) is 9.54. The molecule has 1 rings (SSSR count). The van der Waals surface area contributed by atoms with Gasteiger partial charge < -0.3 is 5.73 Å². The molecule has 1 atom stereocenters. The van der Waals surface area contributed by atoms with Gasteiger partial charge in [0.15, 0.2) is 0 Å². The van der Waals surface area contributed by atoms with Crippen molar-refractivity contribution in [1.82, 2.24) is 0 Å². The topological polar surface area (TPSA) is 26.0 Å². The van der Waals surface area contributed by atoms with Crippen LogP contribution >= 0.6 is 11.3 Å². The molecule has 1 heterocycles. The van der Waals surface area contributed by atoms with E-state index >= 15 is 0 Å². The number of aryl methyl sites for hydroxylation is 1. The van der Waals surface area contributed by atoms with Gasteiger partial charge in [-0.1, -0.05) is 25.1 Å². The number of hydrogen-bond acceptors (Lipinski definition) is 2. The van der Waals surface area contributed by atoms with Crippen LogP contribution < -0.4 is 5.73 Å². The molecule has 0 bridgehead atoms. The lowest BCUT2D eigenvalue weighted by Crippen LogP contribution is -2.20. The molecule has 1 nitrogen and oxygen atoms in total. The monoisotopic (exact) mass is 223 g/mol. The van der Waals surface area contributed by atoms with Gasteiger partial charge in [0.25, 0.3) is 0 Å². The molecule has 0 aliphatic rings. The van der Waals surface area contributed by atoms with Crippen LogP contribution in [0.15, 0.2) is 29.7 Å². The van der Waals surface area contributed by atoms with Crippen molar-refractivity contribution in [2.45, 2.75) is 45.1 Å². The van der Waals surface area contributed by atoms with Gasteiger partial charge in [-0.25, -0.2) is 0 Å². The second-order valence-electron chi connectivity index (χ2n) is 4.04. The number of hydrogen-bond donors (Lipinski definition) is 1. The molecule has 1 aromatic rings. The normalized spacial score (nSPS) is 12.7. The van der Waals surface area contributed by atoms with Gasteiger partial charge in [0.1, 0.15) is 0 Å². The van der Waals surface area contributed by atoms with E-state index in [0.29, 0.717) is 6.04 Å². The van der Waals surface area contributed by atoms with Crippen LogP contribution in [0.2, 0.25) is 0 Å². The van der Waals surface area contributed by atoms with Gasteiger partial charge in [0, 0.05) is 10.9 Å². The second kappa shape index (κ2) is 6.81. The second-order valence-corrected chi connectivity index (χ2v) is 5.07. The summed E-state index contributed by atoms with van der Waals surface area (Å²) in [5, 5.41) is 2.13. The molecule has 15 heavy (non-hydrogen) atoms. The van der Waals surface area contributed by atoms with Gasteiger partial charge in [0.05, 0.1) is 0 Å². The Balaban J connectivity index is 2.12. The number of thiophene rings is 1. The molecule has 2 heteroatoms. The lowest BCUT2D eigenvalue weighted by atomic mass is 10.0. The molecule has 0 saturated heterocycles. The summed E-state index contributed by atoms with van der Waals surface area (Å²) < 4.78 is 0. The molecule has 0 fully saturated rings. The predicted octanol–water partition coefficient (Wildman–Crippen LogP) is 3.75. The van der Waals surface area contributed by atoms with Gasteiger partial charge in [-0.3, -0.25) is 0 Å². The van der Waals surface area contributed by atoms with Gasteiger partial charge in [0.2, 0.25) is 0 Å². The molecule has 0 aromatic carbocycles. The van der Waals surface area contributed by atoms with Crippen LogP contribution in [0.4, 0.5) is 0 Å². The zero-order chi connectivity index (χ0) is 11.1. The molecule has 0 saturated carbocycles. The number of nitrogens with two attached hydrogens (primary N) is 1. The van der Waals surface area contributed by atoms with E-state index in [-0.39, 0.29) is 0 Å². The molecule has 84 valence electrons. The van der Waals surface area contributed by atoms with Crippen LogP contribution in [-0.2, 0) is 6.42 Å². The van der Waals surface area contributed by atoms with Crippen molar-refractivity contribution < 1.29 is 0 Å². The molecule has 1 unspecified atom stereocenters. The summed E-state index contributed by atoms with van der Waals surface area (Å²) in [6.45, 7) is 6.13.